The Morgan fingerprint density at radius 3 is 2.94 bits per heavy atom. The average Bonchev–Trinajstić information content (AvgIpc) is 2.73. The molecule has 0 aliphatic heterocycles. The Morgan fingerprint density at radius 1 is 1.59 bits per heavy atom. The quantitative estimate of drug-likeness (QED) is 0.718. The van der Waals surface area contributed by atoms with Crippen LogP contribution in [0.25, 0.3) is 0 Å². The van der Waals surface area contributed by atoms with Gasteiger partial charge >= 0.3 is 6.03 Å². The summed E-state index contributed by atoms with van der Waals surface area (Å²) in [5.41, 5.74) is 0.887. The summed E-state index contributed by atoms with van der Waals surface area (Å²) < 4.78 is 0. The van der Waals surface area contributed by atoms with Gasteiger partial charge in [0.1, 0.15) is 0 Å². The number of carbonyl (C=O) groups excluding carboxylic acids is 1. The number of rotatable bonds is 6. The van der Waals surface area contributed by atoms with Gasteiger partial charge in [0, 0.05) is 11.9 Å². The predicted molar refractivity (Wildman–Crippen MR) is 68.0 cm³/mol. The van der Waals surface area contributed by atoms with Crippen LogP contribution in [0, 0.1) is 0 Å². The molecule has 0 aromatic carbocycles. The molecule has 0 spiro atoms. The second-order valence-electron chi connectivity index (χ2n) is 3.83. The molecule has 0 aliphatic carbocycles. The number of aromatic nitrogens is 1. The topological polar surface area (TPSA) is 74.2 Å². The van der Waals surface area contributed by atoms with Gasteiger partial charge in [0.05, 0.1) is 23.4 Å². The normalized spacial score (nSPS) is 12.2. The van der Waals surface area contributed by atoms with E-state index in [4.69, 9.17) is 5.11 Å². The van der Waals surface area contributed by atoms with Crippen molar-refractivity contribution < 1.29 is 9.90 Å². The highest BCUT2D eigenvalue weighted by atomic mass is 32.1. The lowest BCUT2D eigenvalue weighted by Gasteiger charge is -2.07. The van der Waals surface area contributed by atoms with Crippen LogP contribution in [-0.4, -0.2) is 28.8 Å². The number of aliphatic hydroxyl groups excluding tert-OH is 1. The highest BCUT2D eigenvalue weighted by Gasteiger charge is 2.03. The maximum Gasteiger partial charge on any atom is 0.315 e. The number of aliphatic hydroxyl groups is 1. The second-order valence-corrected chi connectivity index (χ2v) is 4.78. The van der Waals surface area contributed by atoms with Crippen LogP contribution in [0.1, 0.15) is 31.0 Å². The standard InChI is InChI=1S/C11H19N3O2S/c1-3-10-14-9(7-17-10)6-13-11(16)12-5-4-8(2)15/h7-8,15H,3-6H2,1-2H3,(H2,12,13,16). The Bertz CT molecular complexity index is 352. The maximum absolute atomic E-state index is 11.3. The number of nitrogens with one attached hydrogen (secondary N) is 2. The summed E-state index contributed by atoms with van der Waals surface area (Å²) in [6.07, 6.45) is 1.09. The Kier molecular flexibility index (Phi) is 5.93. The summed E-state index contributed by atoms with van der Waals surface area (Å²) in [6.45, 7) is 4.66. The fourth-order valence-corrected chi connectivity index (χ4v) is 1.97. The van der Waals surface area contributed by atoms with Gasteiger partial charge in [-0.3, -0.25) is 0 Å². The molecule has 1 heterocycles. The number of amides is 2. The molecule has 5 nitrogen and oxygen atoms in total. The van der Waals surface area contributed by atoms with Gasteiger partial charge in [0.15, 0.2) is 0 Å². The summed E-state index contributed by atoms with van der Waals surface area (Å²) in [4.78, 5) is 15.7. The van der Waals surface area contributed by atoms with Crippen LogP contribution in [0.2, 0.25) is 0 Å². The Balaban J connectivity index is 2.19. The Hall–Kier alpha value is -1.14. The summed E-state index contributed by atoms with van der Waals surface area (Å²) in [5.74, 6) is 0. The molecule has 0 bridgehead atoms. The molecule has 2 amide bonds. The minimum absolute atomic E-state index is 0.225. The molecule has 6 heteroatoms. The van der Waals surface area contributed by atoms with Gasteiger partial charge < -0.3 is 15.7 Å². The fraction of sp³-hybridized carbons (Fsp3) is 0.636. The van der Waals surface area contributed by atoms with Crippen LogP contribution in [0.3, 0.4) is 0 Å². The van der Waals surface area contributed by atoms with Gasteiger partial charge in [0.2, 0.25) is 0 Å². The monoisotopic (exact) mass is 257 g/mol. The van der Waals surface area contributed by atoms with Crippen molar-refractivity contribution in [3.8, 4) is 0 Å². The first-order valence-electron chi connectivity index (χ1n) is 5.74. The Labute approximate surface area is 105 Å². The highest BCUT2D eigenvalue weighted by Crippen LogP contribution is 2.09. The zero-order valence-electron chi connectivity index (χ0n) is 10.2. The van der Waals surface area contributed by atoms with E-state index < -0.39 is 0 Å². The molecule has 1 aromatic rings. The van der Waals surface area contributed by atoms with E-state index in [1.54, 1.807) is 18.3 Å². The molecule has 1 aromatic heterocycles. The van der Waals surface area contributed by atoms with Gasteiger partial charge in [-0.05, 0) is 19.8 Å². The third-order valence-electron chi connectivity index (χ3n) is 2.18. The third kappa shape index (κ3) is 5.65. The fourth-order valence-electron chi connectivity index (χ4n) is 1.22. The first-order chi connectivity index (χ1) is 8.11. The summed E-state index contributed by atoms with van der Waals surface area (Å²) in [6, 6.07) is -0.225. The van der Waals surface area contributed by atoms with Crippen molar-refractivity contribution in [1.82, 2.24) is 15.6 Å². The zero-order chi connectivity index (χ0) is 12.7. The number of aryl methyl sites for hydroxylation is 1. The van der Waals surface area contributed by atoms with E-state index in [9.17, 15) is 4.79 Å². The largest absolute Gasteiger partial charge is 0.393 e. The van der Waals surface area contributed by atoms with Crippen LogP contribution >= 0.6 is 11.3 Å². The number of hydrogen-bond acceptors (Lipinski definition) is 4. The molecule has 1 rings (SSSR count). The SMILES string of the molecule is CCc1nc(CNC(=O)NCCC(C)O)cs1. The zero-order valence-corrected chi connectivity index (χ0v) is 11.0. The lowest BCUT2D eigenvalue weighted by molar-refractivity contribution is 0.183. The third-order valence-corrected chi connectivity index (χ3v) is 3.22. The van der Waals surface area contributed by atoms with Crippen molar-refractivity contribution in [1.29, 1.82) is 0 Å². The number of carbonyl (C=O) groups is 1. The van der Waals surface area contributed by atoms with Crippen LogP contribution in [0.15, 0.2) is 5.38 Å². The molecular weight excluding hydrogens is 238 g/mol. The van der Waals surface area contributed by atoms with Gasteiger partial charge in [-0.25, -0.2) is 9.78 Å². The minimum atomic E-state index is -0.388. The molecular formula is C11H19N3O2S. The molecule has 3 N–H and O–H groups in total. The van der Waals surface area contributed by atoms with Crippen molar-refractivity contribution in [2.75, 3.05) is 6.54 Å². The molecule has 0 fully saturated rings. The van der Waals surface area contributed by atoms with Gasteiger partial charge in [-0.2, -0.15) is 0 Å². The number of urea groups is 1. The summed E-state index contributed by atoms with van der Waals surface area (Å²) in [7, 11) is 0. The molecule has 0 saturated carbocycles. The summed E-state index contributed by atoms with van der Waals surface area (Å²) in [5, 5.41) is 17.4. The van der Waals surface area contributed by atoms with Crippen LogP contribution < -0.4 is 10.6 Å². The number of nitrogens with zero attached hydrogens (tertiary/aromatic N) is 1. The molecule has 1 atom stereocenters. The lowest BCUT2D eigenvalue weighted by atomic mass is 10.3. The first-order valence-corrected chi connectivity index (χ1v) is 6.62. The molecule has 0 aliphatic rings. The molecule has 1 unspecified atom stereocenters. The van der Waals surface area contributed by atoms with Gasteiger partial charge in [0.25, 0.3) is 0 Å². The summed E-state index contributed by atoms with van der Waals surface area (Å²) >= 11 is 1.61. The number of hydrogen-bond donors (Lipinski definition) is 3. The van der Waals surface area contributed by atoms with E-state index in [0.717, 1.165) is 17.1 Å². The van der Waals surface area contributed by atoms with Crippen molar-refractivity contribution in [3.05, 3.63) is 16.1 Å². The second kappa shape index (κ2) is 7.24. The van der Waals surface area contributed by atoms with Crippen molar-refractivity contribution in [3.63, 3.8) is 0 Å². The molecule has 0 saturated heterocycles. The van der Waals surface area contributed by atoms with Crippen LogP contribution in [0.4, 0.5) is 4.79 Å². The van der Waals surface area contributed by atoms with Crippen LogP contribution in [-0.2, 0) is 13.0 Å². The van der Waals surface area contributed by atoms with E-state index in [-0.39, 0.29) is 12.1 Å². The minimum Gasteiger partial charge on any atom is -0.393 e. The van der Waals surface area contributed by atoms with Crippen molar-refractivity contribution in [2.45, 2.75) is 39.3 Å². The predicted octanol–water partition coefficient (Wildman–Crippen LogP) is 1.28. The van der Waals surface area contributed by atoms with Gasteiger partial charge in [-0.1, -0.05) is 6.92 Å². The van der Waals surface area contributed by atoms with E-state index >= 15 is 0 Å². The molecule has 17 heavy (non-hydrogen) atoms. The molecule has 0 radical (unpaired) electrons. The molecule has 96 valence electrons. The van der Waals surface area contributed by atoms with E-state index in [1.165, 1.54) is 0 Å². The first kappa shape index (κ1) is 13.9. The van der Waals surface area contributed by atoms with Gasteiger partial charge in [-0.15, -0.1) is 11.3 Å². The van der Waals surface area contributed by atoms with E-state index in [2.05, 4.69) is 22.5 Å². The Morgan fingerprint density at radius 2 is 2.35 bits per heavy atom. The smallest absolute Gasteiger partial charge is 0.315 e. The average molecular weight is 257 g/mol. The van der Waals surface area contributed by atoms with Crippen molar-refractivity contribution in [2.24, 2.45) is 0 Å². The van der Waals surface area contributed by atoms with E-state index in [1.807, 2.05) is 5.38 Å². The lowest BCUT2D eigenvalue weighted by Crippen LogP contribution is -2.36. The maximum atomic E-state index is 11.3. The van der Waals surface area contributed by atoms with Crippen LogP contribution in [0.5, 0.6) is 0 Å². The van der Waals surface area contributed by atoms with Crippen molar-refractivity contribution >= 4 is 17.4 Å². The van der Waals surface area contributed by atoms with E-state index in [0.29, 0.717) is 19.5 Å². The highest BCUT2D eigenvalue weighted by molar-refractivity contribution is 7.09. The number of thiazole rings is 1.